The number of nitrogens with two attached hydrogens (primary N) is 1. The van der Waals surface area contributed by atoms with Gasteiger partial charge in [-0.3, -0.25) is 9.59 Å². The number of hydrogen-bond acceptors (Lipinski definition) is 4. The standard InChI is InChI=1S/C18H26N2O4S/c19-17(21)13-20(16-10-4-5-11-16)18(22)14-25(23,24)12-6-9-15-7-2-1-3-8-15/h1-3,7-8,16H,4-6,9-14H2,(H2,19,21). The summed E-state index contributed by atoms with van der Waals surface area (Å²) < 4.78 is 24.5. The molecule has 1 aliphatic rings. The Morgan fingerprint density at radius 2 is 1.76 bits per heavy atom. The molecular formula is C18H26N2O4S. The molecule has 1 saturated carbocycles. The lowest BCUT2D eigenvalue weighted by Crippen LogP contribution is -2.46. The van der Waals surface area contributed by atoms with E-state index in [0.717, 1.165) is 31.2 Å². The molecule has 1 aromatic rings. The first kappa shape index (κ1) is 19.4. The fourth-order valence-corrected chi connectivity index (χ4v) is 4.56. The summed E-state index contributed by atoms with van der Waals surface area (Å²) in [6, 6.07) is 9.57. The maximum Gasteiger partial charge on any atom is 0.238 e. The molecule has 1 aliphatic carbocycles. The largest absolute Gasteiger partial charge is 0.368 e. The molecule has 1 aromatic carbocycles. The van der Waals surface area contributed by atoms with E-state index in [2.05, 4.69) is 0 Å². The first-order valence-corrected chi connectivity index (χ1v) is 10.5. The molecule has 0 unspecified atom stereocenters. The van der Waals surface area contributed by atoms with Crippen LogP contribution in [0.25, 0.3) is 0 Å². The molecule has 138 valence electrons. The first-order valence-electron chi connectivity index (χ1n) is 8.69. The molecule has 1 fully saturated rings. The van der Waals surface area contributed by atoms with Gasteiger partial charge < -0.3 is 10.6 Å². The predicted molar refractivity (Wildman–Crippen MR) is 96.6 cm³/mol. The van der Waals surface area contributed by atoms with Crippen LogP contribution in [0.2, 0.25) is 0 Å². The van der Waals surface area contributed by atoms with Crippen molar-refractivity contribution in [3.8, 4) is 0 Å². The number of aryl methyl sites for hydroxylation is 1. The normalized spacial score (nSPS) is 15.2. The van der Waals surface area contributed by atoms with E-state index in [0.29, 0.717) is 12.8 Å². The van der Waals surface area contributed by atoms with Gasteiger partial charge in [0.05, 0.1) is 12.3 Å². The fraction of sp³-hybridized carbons (Fsp3) is 0.556. The van der Waals surface area contributed by atoms with Gasteiger partial charge in [0.2, 0.25) is 11.8 Å². The molecule has 0 bridgehead atoms. The average Bonchev–Trinajstić information content (AvgIpc) is 3.07. The molecule has 25 heavy (non-hydrogen) atoms. The van der Waals surface area contributed by atoms with Gasteiger partial charge >= 0.3 is 0 Å². The van der Waals surface area contributed by atoms with E-state index in [1.807, 2.05) is 30.3 Å². The smallest absolute Gasteiger partial charge is 0.238 e. The molecule has 0 heterocycles. The molecule has 6 nitrogen and oxygen atoms in total. The van der Waals surface area contributed by atoms with Crippen LogP contribution >= 0.6 is 0 Å². The molecule has 2 amide bonds. The van der Waals surface area contributed by atoms with E-state index in [1.165, 1.54) is 4.90 Å². The Hall–Kier alpha value is -1.89. The van der Waals surface area contributed by atoms with Gasteiger partial charge in [0.15, 0.2) is 9.84 Å². The van der Waals surface area contributed by atoms with Crippen LogP contribution in [0.3, 0.4) is 0 Å². The lowest BCUT2D eigenvalue weighted by atomic mass is 10.1. The van der Waals surface area contributed by atoms with E-state index >= 15 is 0 Å². The third kappa shape index (κ3) is 6.49. The van der Waals surface area contributed by atoms with Gasteiger partial charge in [-0.1, -0.05) is 43.2 Å². The number of nitrogens with zero attached hydrogens (tertiary/aromatic N) is 1. The zero-order valence-corrected chi connectivity index (χ0v) is 15.2. The van der Waals surface area contributed by atoms with Crippen LogP contribution in [0.1, 0.15) is 37.7 Å². The van der Waals surface area contributed by atoms with Crippen molar-refractivity contribution in [3.63, 3.8) is 0 Å². The third-order valence-electron chi connectivity index (χ3n) is 4.52. The minimum Gasteiger partial charge on any atom is -0.368 e. The van der Waals surface area contributed by atoms with Crippen LogP contribution in [-0.4, -0.2) is 49.2 Å². The SMILES string of the molecule is NC(=O)CN(C(=O)CS(=O)(=O)CCCc1ccccc1)C1CCCC1. The van der Waals surface area contributed by atoms with Crippen molar-refractivity contribution < 1.29 is 18.0 Å². The molecule has 2 rings (SSSR count). The summed E-state index contributed by atoms with van der Waals surface area (Å²) in [7, 11) is -3.50. The summed E-state index contributed by atoms with van der Waals surface area (Å²) in [5.41, 5.74) is 6.30. The number of benzene rings is 1. The Bertz CT molecular complexity index is 682. The summed E-state index contributed by atoms with van der Waals surface area (Å²) in [4.78, 5) is 25.1. The van der Waals surface area contributed by atoms with Crippen molar-refractivity contribution in [1.82, 2.24) is 4.90 Å². The second-order valence-corrected chi connectivity index (χ2v) is 8.79. The van der Waals surface area contributed by atoms with E-state index in [-0.39, 0.29) is 18.3 Å². The molecule has 0 atom stereocenters. The van der Waals surface area contributed by atoms with Gasteiger partial charge in [-0.25, -0.2) is 8.42 Å². The van der Waals surface area contributed by atoms with Crippen LogP contribution in [0, 0.1) is 0 Å². The highest BCUT2D eigenvalue weighted by Gasteiger charge is 2.30. The van der Waals surface area contributed by atoms with Gasteiger partial charge in [-0.2, -0.15) is 0 Å². The Morgan fingerprint density at radius 3 is 2.36 bits per heavy atom. The monoisotopic (exact) mass is 366 g/mol. The van der Waals surface area contributed by atoms with E-state index in [9.17, 15) is 18.0 Å². The molecule has 0 aliphatic heterocycles. The number of primary amides is 1. The molecule has 0 spiro atoms. The number of carbonyl (C=O) groups excluding carboxylic acids is 2. The van der Waals surface area contributed by atoms with Gasteiger partial charge in [0, 0.05) is 6.04 Å². The zero-order valence-electron chi connectivity index (χ0n) is 14.4. The van der Waals surface area contributed by atoms with Crippen molar-refractivity contribution in [1.29, 1.82) is 0 Å². The van der Waals surface area contributed by atoms with Crippen molar-refractivity contribution in [2.24, 2.45) is 5.73 Å². The summed E-state index contributed by atoms with van der Waals surface area (Å²) in [6.45, 7) is -0.205. The van der Waals surface area contributed by atoms with Crippen molar-refractivity contribution >= 4 is 21.7 Å². The number of rotatable bonds is 9. The molecule has 2 N–H and O–H groups in total. The molecule has 7 heteroatoms. The van der Waals surface area contributed by atoms with Crippen LogP contribution in [0.15, 0.2) is 30.3 Å². The average molecular weight is 366 g/mol. The summed E-state index contributed by atoms with van der Waals surface area (Å²) in [5.74, 6) is -1.71. The predicted octanol–water partition coefficient (Wildman–Crippen LogP) is 1.29. The van der Waals surface area contributed by atoms with Crippen molar-refractivity contribution in [2.75, 3.05) is 18.1 Å². The second-order valence-electron chi connectivity index (χ2n) is 6.61. The van der Waals surface area contributed by atoms with E-state index in [4.69, 9.17) is 5.73 Å². The topological polar surface area (TPSA) is 97.5 Å². The van der Waals surface area contributed by atoms with E-state index in [1.54, 1.807) is 0 Å². The maximum absolute atomic E-state index is 12.5. The Morgan fingerprint density at radius 1 is 1.12 bits per heavy atom. The zero-order chi connectivity index (χ0) is 18.3. The number of amides is 2. The summed E-state index contributed by atoms with van der Waals surface area (Å²) >= 11 is 0. The van der Waals surface area contributed by atoms with Crippen LogP contribution < -0.4 is 5.73 Å². The van der Waals surface area contributed by atoms with Crippen LogP contribution in [0.4, 0.5) is 0 Å². The first-order chi connectivity index (χ1) is 11.9. The van der Waals surface area contributed by atoms with Crippen molar-refractivity contribution in [2.45, 2.75) is 44.6 Å². The summed E-state index contributed by atoms with van der Waals surface area (Å²) in [5, 5.41) is 0. The molecule has 0 radical (unpaired) electrons. The highest BCUT2D eigenvalue weighted by atomic mass is 32.2. The quantitative estimate of drug-likeness (QED) is 0.712. The lowest BCUT2D eigenvalue weighted by molar-refractivity contribution is -0.135. The van der Waals surface area contributed by atoms with Gasteiger partial charge in [0.1, 0.15) is 5.75 Å². The van der Waals surface area contributed by atoms with Gasteiger partial charge in [-0.05, 0) is 31.2 Å². The Balaban J connectivity index is 1.89. The molecule has 0 aromatic heterocycles. The second kappa shape index (κ2) is 8.99. The highest BCUT2D eigenvalue weighted by molar-refractivity contribution is 7.92. The number of hydrogen-bond donors (Lipinski definition) is 1. The Kier molecular flexibility index (Phi) is 6.99. The van der Waals surface area contributed by atoms with Crippen molar-refractivity contribution in [3.05, 3.63) is 35.9 Å². The third-order valence-corrected chi connectivity index (χ3v) is 6.12. The molecule has 0 saturated heterocycles. The summed E-state index contributed by atoms with van der Waals surface area (Å²) in [6.07, 6.45) is 4.69. The number of sulfone groups is 1. The van der Waals surface area contributed by atoms with Crippen LogP contribution in [0.5, 0.6) is 0 Å². The fourth-order valence-electron chi connectivity index (χ4n) is 3.29. The lowest BCUT2D eigenvalue weighted by Gasteiger charge is -2.27. The van der Waals surface area contributed by atoms with Gasteiger partial charge in [0.25, 0.3) is 0 Å². The Labute approximate surface area is 149 Å². The van der Waals surface area contributed by atoms with Gasteiger partial charge in [-0.15, -0.1) is 0 Å². The minimum atomic E-state index is -3.50. The van der Waals surface area contributed by atoms with E-state index < -0.39 is 27.4 Å². The number of carbonyl (C=O) groups is 2. The van der Waals surface area contributed by atoms with Crippen LogP contribution in [-0.2, 0) is 25.8 Å². The maximum atomic E-state index is 12.5. The minimum absolute atomic E-state index is 0.0390. The highest BCUT2D eigenvalue weighted by Crippen LogP contribution is 2.23. The molecular weight excluding hydrogens is 340 g/mol.